The van der Waals surface area contributed by atoms with Gasteiger partial charge in [0.2, 0.25) is 5.91 Å². The summed E-state index contributed by atoms with van der Waals surface area (Å²) < 4.78 is 13.2. The predicted octanol–water partition coefficient (Wildman–Crippen LogP) is 4.47. The molecule has 2 aromatic heterocycles. The molecule has 0 unspecified atom stereocenters. The summed E-state index contributed by atoms with van der Waals surface area (Å²) in [4.78, 5) is 12.3. The maximum Gasteiger partial charge on any atom is 0.230 e. The van der Waals surface area contributed by atoms with Crippen LogP contribution in [0.3, 0.4) is 0 Å². The average molecular weight is 463 g/mol. The molecule has 2 heterocycles. The van der Waals surface area contributed by atoms with Gasteiger partial charge >= 0.3 is 0 Å². The lowest BCUT2D eigenvalue weighted by Crippen LogP contribution is -2.24. The quantitative estimate of drug-likeness (QED) is 0.331. The Morgan fingerprint density at radius 2 is 1.85 bits per heavy atom. The SMILES string of the molecule is CCc1ccc(OCc2nnc(SCC(=O)NCc3ccco3)n2Cc2ccccc2)cc1. The van der Waals surface area contributed by atoms with Crippen LogP contribution in [0.5, 0.6) is 5.75 Å². The average Bonchev–Trinajstić information content (AvgIpc) is 3.51. The van der Waals surface area contributed by atoms with Crippen LogP contribution in [0.2, 0.25) is 0 Å². The smallest absolute Gasteiger partial charge is 0.230 e. The highest BCUT2D eigenvalue weighted by molar-refractivity contribution is 7.99. The van der Waals surface area contributed by atoms with E-state index in [0.29, 0.717) is 29.8 Å². The first-order valence-electron chi connectivity index (χ1n) is 10.8. The van der Waals surface area contributed by atoms with Gasteiger partial charge in [0.1, 0.15) is 18.1 Å². The summed E-state index contributed by atoms with van der Waals surface area (Å²) in [7, 11) is 0. The number of nitrogens with one attached hydrogen (secondary N) is 1. The predicted molar refractivity (Wildman–Crippen MR) is 127 cm³/mol. The van der Waals surface area contributed by atoms with Crippen molar-refractivity contribution in [2.75, 3.05) is 5.75 Å². The lowest BCUT2D eigenvalue weighted by Gasteiger charge is -2.11. The van der Waals surface area contributed by atoms with Crippen molar-refractivity contribution in [3.05, 3.63) is 95.7 Å². The second-order valence-corrected chi connectivity index (χ2v) is 8.34. The molecule has 0 fully saturated rings. The Hall–Kier alpha value is -3.52. The first-order valence-corrected chi connectivity index (χ1v) is 11.8. The molecule has 1 N–H and O–H groups in total. The Bertz CT molecular complexity index is 1140. The molecule has 0 bridgehead atoms. The van der Waals surface area contributed by atoms with Crippen molar-refractivity contribution in [2.24, 2.45) is 0 Å². The zero-order valence-electron chi connectivity index (χ0n) is 18.4. The molecule has 8 heteroatoms. The van der Waals surface area contributed by atoms with Crippen molar-refractivity contribution in [1.82, 2.24) is 20.1 Å². The van der Waals surface area contributed by atoms with Crippen molar-refractivity contribution in [3.63, 3.8) is 0 Å². The van der Waals surface area contributed by atoms with E-state index in [0.717, 1.165) is 17.7 Å². The van der Waals surface area contributed by atoms with Crippen LogP contribution in [0, 0.1) is 0 Å². The van der Waals surface area contributed by atoms with Gasteiger partial charge in [0.05, 0.1) is 25.1 Å². The number of hydrogen-bond donors (Lipinski definition) is 1. The third kappa shape index (κ3) is 6.49. The number of rotatable bonds is 11. The van der Waals surface area contributed by atoms with E-state index in [1.54, 1.807) is 12.3 Å². The van der Waals surface area contributed by atoms with E-state index in [2.05, 4.69) is 46.7 Å². The Balaban J connectivity index is 1.42. The Kier molecular flexibility index (Phi) is 7.81. The molecule has 0 saturated heterocycles. The van der Waals surface area contributed by atoms with E-state index in [9.17, 15) is 4.79 Å². The minimum atomic E-state index is -0.0977. The van der Waals surface area contributed by atoms with Gasteiger partial charge in [-0.05, 0) is 41.8 Å². The van der Waals surface area contributed by atoms with Gasteiger partial charge in [-0.2, -0.15) is 0 Å². The molecule has 0 atom stereocenters. The van der Waals surface area contributed by atoms with Gasteiger partial charge in [0.15, 0.2) is 11.0 Å². The zero-order valence-corrected chi connectivity index (χ0v) is 19.3. The number of aromatic nitrogens is 3. The molecule has 4 rings (SSSR count). The van der Waals surface area contributed by atoms with E-state index >= 15 is 0 Å². The van der Waals surface area contributed by atoms with Crippen LogP contribution in [-0.4, -0.2) is 26.4 Å². The highest BCUT2D eigenvalue weighted by Gasteiger charge is 2.15. The summed E-state index contributed by atoms with van der Waals surface area (Å²) in [6, 6.07) is 21.8. The van der Waals surface area contributed by atoms with Crippen LogP contribution in [0.1, 0.15) is 29.6 Å². The molecule has 0 saturated carbocycles. The van der Waals surface area contributed by atoms with Crippen LogP contribution < -0.4 is 10.1 Å². The van der Waals surface area contributed by atoms with Crippen molar-refractivity contribution in [2.45, 2.75) is 38.2 Å². The standard InChI is InChI=1S/C25H26N4O3S/c1-2-19-10-12-21(13-11-19)32-17-23-27-28-25(29(23)16-20-7-4-3-5-8-20)33-18-24(30)26-15-22-9-6-14-31-22/h3-14H,2,15-18H2,1H3,(H,26,30). The first-order chi connectivity index (χ1) is 16.2. The van der Waals surface area contributed by atoms with E-state index in [1.807, 2.05) is 41.0 Å². The summed E-state index contributed by atoms with van der Waals surface area (Å²) in [6.45, 7) is 3.37. The van der Waals surface area contributed by atoms with Gasteiger partial charge in [-0.1, -0.05) is 61.2 Å². The van der Waals surface area contributed by atoms with Crippen LogP contribution in [-0.2, 0) is 30.9 Å². The number of carbonyl (C=O) groups is 1. The molecule has 0 aliphatic heterocycles. The summed E-state index contributed by atoms with van der Waals surface area (Å²) >= 11 is 1.35. The third-order valence-corrected chi connectivity index (χ3v) is 6.02. The first kappa shape index (κ1) is 22.7. The minimum absolute atomic E-state index is 0.0977. The van der Waals surface area contributed by atoms with Gasteiger partial charge in [0, 0.05) is 0 Å². The van der Waals surface area contributed by atoms with E-state index in [1.165, 1.54) is 17.3 Å². The van der Waals surface area contributed by atoms with Crippen molar-refractivity contribution in [1.29, 1.82) is 0 Å². The summed E-state index contributed by atoms with van der Waals surface area (Å²) in [6.07, 6.45) is 2.57. The maximum atomic E-state index is 12.3. The van der Waals surface area contributed by atoms with Gasteiger partial charge < -0.3 is 14.5 Å². The highest BCUT2D eigenvalue weighted by Crippen LogP contribution is 2.21. The number of hydrogen-bond acceptors (Lipinski definition) is 6. The molecule has 1 amide bonds. The number of furan rings is 1. The molecule has 170 valence electrons. The largest absolute Gasteiger partial charge is 0.486 e. The number of aryl methyl sites for hydroxylation is 1. The number of ether oxygens (including phenoxy) is 1. The van der Waals surface area contributed by atoms with Crippen LogP contribution in [0.4, 0.5) is 0 Å². The summed E-state index contributed by atoms with van der Waals surface area (Å²) in [5.74, 6) is 2.34. The number of benzene rings is 2. The molecule has 0 aliphatic carbocycles. The molecule has 7 nitrogen and oxygen atoms in total. The molecular weight excluding hydrogens is 436 g/mol. The fourth-order valence-electron chi connectivity index (χ4n) is 3.21. The van der Waals surface area contributed by atoms with Gasteiger partial charge in [-0.15, -0.1) is 10.2 Å². The van der Waals surface area contributed by atoms with Gasteiger partial charge in [-0.25, -0.2) is 0 Å². The molecule has 0 radical (unpaired) electrons. The van der Waals surface area contributed by atoms with Gasteiger partial charge in [-0.3, -0.25) is 9.36 Å². The number of thioether (sulfide) groups is 1. The molecule has 4 aromatic rings. The zero-order chi connectivity index (χ0) is 22.9. The van der Waals surface area contributed by atoms with Crippen LogP contribution in [0.25, 0.3) is 0 Å². The summed E-state index contributed by atoms with van der Waals surface area (Å²) in [5, 5.41) is 12.2. The van der Waals surface area contributed by atoms with E-state index in [4.69, 9.17) is 9.15 Å². The molecule has 0 spiro atoms. The Morgan fingerprint density at radius 1 is 1.03 bits per heavy atom. The third-order valence-electron chi connectivity index (χ3n) is 5.05. The van der Waals surface area contributed by atoms with E-state index in [-0.39, 0.29) is 18.3 Å². The van der Waals surface area contributed by atoms with Crippen LogP contribution in [0.15, 0.2) is 82.6 Å². The number of amides is 1. The van der Waals surface area contributed by atoms with Crippen LogP contribution >= 0.6 is 11.8 Å². The van der Waals surface area contributed by atoms with Crippen molar-refractivity contribution in [3.8, 4) is 5.75 Å². The second kappa shape index (κ2) is 11.4. The topological polar surface area (TPSA) is 82.2 Å². The van der Waals surface area contributed by atoms with Gasteiger partial charge in [0.25, 0.3) is 0 Å². The Labute approximate surface area is 197 Å². The van der Waals surface area contributed by atoms with Crippen molar-refractivity contribution >= 4 is 17.7 Å². The number of nitrogens with zero attached hydrogens (tertiary/aromatic N) is 3. The number of carbonyl (C=O) groups excluding carboxylic acids is 1. The fourth-order valence-corrected chi connectivity index (χ4v) is 3.99. The lowest BCUT2D eigenvalue weighted by molar-refractivity contribution is -0.118. The molecule has 33 heavy (non-hydrogen) atoms. The van der Waals surface area contributed by atoms with E-state index < -0.39 is 0 Å². The summed E-state index contributed by atoms with van der Waals surface area (Å²) in [5.41, 5.74) is 2.38. The lowest BCUT2D eigenvalue weighted by atomic mass is 10.2. The molecule has 2 aromatic carbocycles. The monoisotopic (exact) mass is 462 g/mol. The minimum Gasteiger partial charge on any atom is -0.486 e. The maximum absolute atomic E-state index is 12.3. The molecular formula is C25H26N4O3S. The normalized spacial score (nSPS) is 10.8. The molecule has 0 aliphatic rings. The second-order valence-electron chi connectivity index (χ2n) is 7.40. The fraction of sp³-hybridized carbons (Fsp3) is 0.240. The highest BCUT2D eigenvalue weighted by atomic mass is 32.2. The van der Waals surface area contributed by atoms with Crippen molar-refractivity contribution < 1.29 is 13.9 Å². The Morgan fingerprint density at radius 3 is 2.58 bits per heavy atom.